The molecule has 1 unspecified atom stereocenters. The summed E-state index contributed by atoms with van der Waals surface area (Å²) in [5, 5.41) is 0. The first kappa shape index (κ1) is 13.3. The molecule has 1 aromatic heterocycles. The molecule has 1 atom stereocenters. The van der Waals surface area contributed by atoms with Gasteiger partial charge in [-0.1, -0.05) is 12.5 Å². The molecule has 0 radical (unpaired) electrons. The van der Waals surface area contributed by atoms with Crippen molar-refractivity contribution < 1.29 is 0 Å². The molecule has 2 rings (SSSR count). The quantitative estimate of drug-likeness (QED) is 0.840. The Morgan fingerprint density at radius 1 is 1.44 bits per heavy atom. The zero-order valence-electron chi connectivity index (χ0n) is 11.6. The lowest BCUT2D eigenvalue weighted by Crippen LogP contribution is -2.33. The lowest BCUT2D eigenvalue weighted by atomic mass is 9.85. The van der Waals surface area contributed by atoms with Gasteiger partial charge in [0.15, 0.2) is 0 Å². The maximum atomic E-state index is 5.80. The maximum Gasteiger partial charge on any atom is 0.128 e. The Morgan fingerprint density at radius 3 is 2.67 bits per heavy atom. The molecule has 0 saturated heterocycles. The molecule has 3 heteroatoms. The number of nitrogens with two attached hydrogens (primary N) is 1. The zero-order valence-corrected chi connectivity index (χ0v) is 11.6. The van der Waals surface area contributed by atoms with E-state index in [0.717, 1.165) is 31.2 Å². The lowest BCUT2D eigenvalue weighted by Gasteiger charge is -2.32. The Morgan fingerprint density at radius 2 is 2.22 bits per heavy atom. The minimum atomic E-state index is 0.204. The van der Waals surface area contributed by atoms with Crippen molar-refractivity contribution in [2.24, 2.45) is 11.7 Å². The van der Waals surface area contributed by atoms with Gasteiger partial charge in [-0.3, -0.25) is 0 Å². The number of anilines is 1. The predicted octanol–water partition coefficient (Wildman–Crippen LogP) is 2.60. The molecule has 1 aliphatic carbocycles. The molecule has 0 aromatic carbocycles. The normalized spacial score (nSPS) is 17.3. The largest absolute Gasteiger partial charge is 0.357 e. The first-order valence-corrected chi connectivity index (χ1v) is 7.14. The van der Waals surface area contributed by atoms with Crippen LogP contribution in [0.25, 0.3) is 0 Å². The van der Waals surface area contributed by atoms with E-state index in [-0.39, 0.29) is 6.04 Å². The Bertz CT molecular complexity index is 355. The molecule has 1 aromatic rings. The molecule has 100 valence electrons. The summed E-state index contributed by atoms with van der Waals surface area (Å²) in [6, 6.07) is 4.50. The van der Waals surface area contributed by atoms with Gasteiger partial charge in [0.05, 0.1) is 0 Å². The number of rotatable bonds is 6. The van der Waals surface area contributed by atoms with Crippen LogP contribution in [0.3, 0.4) is 0 Å². The predicted molar refractivity (Wildman–Crippen MR) is 76.8 cm³/mol. The highest BCUT2D eigenvalue weighted by atomic mass is 15.2. The van der Waals surface area contributed by atoms with Crippen molar-refractivity contribution in [2.75, 3.05) is 18.0 Å². The number of pyridine rings is 1. The average Bonchev–Trinajstić information content (AvgIpc) is 2.29. The summed E-state index contributed by atoms with van der Waals surface area (Å²) in [6.45, 7) is 6.44. The molecule has 0 bridgehead atoms. The van der Waals surface area contributed by atoms with Gasteiger partial charge in [-0.2, -0.15) is 0 Å². The van der Waals surface area contributed by atoms with E-state index in [1.54, 1.807) is 0 Å². The van der Waals surface area contributed by atoms with Gasteiger partial charge in [0, 0.05) is 25.3 Å². The summed E-state index contributed by atoms with van der Waals surface area (Å²) < 4.78 is 0. The number of nitrogens with zero attached hydrogens (tertiary/aromatic N) is 2. The molecule has 1 saturated carbocycles. The van der Waals surface area contributed by atoms with Crippen molar-refractivity contribution in [3.8, 4) is 0 Å². The first-order valence-electron chi connectivity index (χ1n) is 7.14. The van der Waals surface area contributed by atoms with Crippen molar-refractivity contribution in [3.05, 3.63) is 23.9 Å². The molecule has 1 aliphatic rings. The van der Waals surface area contributed by atoms with E-state index in [9.17, 15) is 0 Å². The van der Waals surface area contributed by atoms with Gasteiger partial charge in [-0.05, 0) is 50.7 Å². The van der Waals surface area contributed by atoms with Crippen LogP contribution in [-0.2, 0) is 6.42 Å². The lowest BCUT2D eigenvalue weighted by molar-refractivity contribution is 0.318. The van der Waals surface area contributed by atoms with Crippen molar-refractivity contribution in [1.82, 2.24) is 4.98 Å². The minimum Gasteiger partial charge on any atom is -0.357 e. The summed E-state index contributed by atoms with van der Waals surface area (Å²) in [6.07, 6.45) is 7.06. The molecule has 18 heavy (non-hydrogen) atoms. The highest BCUT2D eigenvalue weighted by molar-refractivity contribution is 5.39. The Hall–Kier alpha value is -1.09. The van der Waals surface area contributed by atoms with Gasteiger partial charge < -0.3 is 10.6 Å². The third kappa shape index (κ3) is 3.45. The first-order chi connectivity index (χ1) is 8.69. The molecule has 0 aliphatic heterocycles. The highest BCUT2D eigenvalue weighted by Gasteiger charge is 2.20. The molecule has 0 amide bonds. The molecule has 1 fully saturated rings. The summed E-state index contributed by atoms with van der Waals surface area (Å²) >= 11 is 0. The van der Waals surface area contributed by atoms with E-state index >= 15 is 0 Å². The summed E-state index contributed by atoms with van der Waals surface area (Å²) in [5.41, 5.74) is 7.03. The smallest absolute Gasteiger partial charge is 0.128 e. The number of aromatic nitrogens is 1. The zero-order chi connectivity index (χ0) is 13.0. The van der Waals surface area contributed by atoms with Gasteiger partial charge in [-0.15, -0.1) is 0 Å². The summed E-state index contributed by atoms with van der Waals surface area (Å²) in [5.74, 6) is 1.99. The van der Waals surface area contributed by atoms with Crippen molar-refractivity contribution in [1.29, 1.82) is 0 Å². The number of hydrogen-bond donors (Lipinski definition) is 1. The topological polar surface area (TPSA) is 42.1 Å². The van der Waals surface area contributed by atoms with Crippen LogP contribution in [0, 0.1) is 5.92 Å². The second kappa shape index (κ2) is 6.19. The molecule has 1 heterocycles. The molecule has 0 spiro atoms. The number of hydrogen-bond acceptors (Lipinski definition) is 3. The van der Waals surface area contributed by atoms with Crippen LogP contribution in [0.1, 0.15) is 38.7 Å². The van der Waals surface area contributed by atoms with Crippen LogP contribution >= 0.6 is 0 Å². The second-order valence-electron chi connectivity index (χ2n) is 5.54. The fraction of sp³-hybridized carbons (Fsp3) is 0.667. The van der Waals surface area contributed by atoms with Crippen LogP contribution in [0.5, 0.6) is 0 Å². The SMILES string of the molecule is CCN(CC1CCC1)c1ccc(CC(C)N)cn1. The monoisotopic (exact) mass is 247 g/mol. The third-order valence-corrected chi connectivity index (χ3v) is 3.78. The van der Waals surface area contributed by atoms with Crippen LogP contribution in [-0.4, -0.2) is 24.1 Å². The standard InChI is InChI=1S/C15H25N3/c1-3-18(11-13-5-4-6-13)15-8-7-14(10-17-15)9-12(2)16/h7-8,10,12-13H,3-6,9,11,16H2,1-2H3. The van der Waals surface area contributed by atoms with Gasteiger partial charge in [0.25, 0.3) is 0 Å². The average molecular weight is 247 g/mol. The molecular weight excluding hydrogens is 222 g/mol. The van der Waals surface area contributed by atoms with E-state index in [4.69, 9.17) is 5.73 Å². The van der Waals surface area contributed by atoms with E-state index in [1.807, 2.05) is 13.1 Å². The fourth-order valence-corrected chi connectivity index (χ4v) is 2.47. The van der Waals surface area contributed by atoms with Gasteiger partial charge >= 0.3 is 0 Å². The van der Waals surface area contributed by atoms with Crippen molar-refractivity contribution in [2.45, 2.75) is 45.6 Å². The van der Waals surface area contributed by atoms with Crippen LogP contribution in [0.2, 0.25) is 0 Å². The summed E-state index contributed by atoms with van der Waals surface area (Å²) in [7, 11) is 0. The van der Waals surface area contributed by atoms with E-state index < -0.39 is 0 Å². The van der Waals surface area contributed by atoms with E-state index in [2.05, 4.69) is 28.9 Å². The Labute approximate surface area is 110 Å². The fourth-order valence-electron chi connectivity index (χ4n) is 2.47. The van der Waals surface area contributed by atoms with Crippen molar-refractivity contribution >= 4 is 5.82 Å². The highest BCUT2D eigenvalue weighted by Crippen LogP contribution is 2.28. The van der Waals surface area contributed by atoms with Gasteiger partial charge in [0.2, 0.25) is 0 Å². The van der Waals surface area contributed by atoms with E-state index in [1.165, 1.54) is 24.8 Å². The van der Waals surface area contributed by atoms with Gasteiger partial charge in [-0.25, -0.2) is 4.98 Å². The minimum absolute atomic E-state index is 0.204. The summed E-state index contributed by atoms with van der Waals surface area (Å²) in [4.78, 5) is 6.97. The van der Waals surface area contributed by atoms with Crippen LogP contribution in [0.15, 0.2) is 18.3 Å². The van der Waals surface area contributed by atoms with E-state index in [0.29, 0.717) is 0 Å². The molecular formula is C15H25N3. The second-order valence-corrected chi connectivity index (χ2v) is 5.54. The van der Waals surface area contributed by atoms with Crippen LogP contribution < -0.4 is 10.6 Å². The molecule has 3 nitrogen and oxygen atoms in total. The van der Waals surface area contributed by atoms with Crippen molar-refractivity contribution in [3.63, 3.8) is 0 Å². The Balaban J connectivity index is 1.97. The Kier molecular flexibility index (Phi) is 4.59. The third-order valence-electron chi connectivity index (χ3n) is 3.78. The maximum absolute atomic E-state index is 5.80. The molecule has 2 N–H and O–H groups in total. The van der Waals surface area contributed by atoms with Gasteiger partial charge in [0.1, 0.15) is 5.82 Å². The van der Waals surface area contributed by atoms with Crippen LogP contribution in [0.4, 0.5) is 5.82 Å².